The summed E-state index contributed by atoms with van der Waals surface area (Å²) in [4.78, 5) is 67.7. The molecular formula is C59H63N9O6S. The van der Waals surface area contributed by atoms with E-state index < -0.39 is 11.9 Å². The minimum atomic E-state index is -1.10. The molecule has 12 rings (SSSR count). The lowest BCUT2D eigenvalue weighted by molar-refractivity contribution is -0.134. The van der Waals surface area contributed by atoms with E-state index in [1.807, 2.05) is 85.4 Å². The number of carbonyl (C=O) groups is 4. The number of fused-ring (bicyclic) bond motifs is 3. The molecule has 0 bridgehead atoms. The fourth-order valence-electron chi connectivity index (χ4n) is 12.5. The average molecular weight is 1030 g/mol. The van der Waals surface area contributed by atoms with Crippen LogP contribution in [0.2, 0.25) is 0 Å². The standard InChI is InChI=1S/C59H63N9O6S/c1-35-41(42-22-24-51(61-54(42)58(72)73)68-27-26-37-8-5-10-43(46(37)34-68)56(70)63-59-60-47-12-3-4-15-50(47)75-59)9-7-14-49(35)74-40-20-17-36(18-21-40)16-19-38-32-39(38)33-66-28-30-67(31-29-66)48-13-6-11-44-53(64-65(2)55(44)48)45-23-25-52(69)62-57(45)71/h3-15,22,24,36,38-40,45H,16-21,23,25-34H2,1-2H3,(H,72,73)(H,60,63,70)(H,62,69,71). The Morgan fingerprint density at radius 3 is 2.44 bits per heavy atom. The fourth-order valence-corrected chi connectivity index (χ4v) is 13.3. The van der Waals surface area contributed by atoms with Crippen molar-refractivity contribution >= 4 is 72.8 Å². The number of carboxylic acid groups (broad SMARTS) is 1. The molecule has 3 aliphatic heterocycles. The molecule has 3 N–H and O–H groups in total. The molecule has 3 aromatic heterocycles. The molecule has 0 radical (unpaired) electrons. The number of thiazole rings is 1. The van der Waals surface area contributed by atoms with E-state index in [1.54, 1.807) is 0 Å². The number of piperazine rings is 1. The van der Waals surface area contributed by atoms with Gasteiger partial charge in [-0.05, 0) is 141 Å². The molecule has 2 saturated carbocycles. The lowest BCUT2D eigenvalue weighted by atomic mass is 9.84. The van der Waals surface area contributed by atoms with Gasteiger partial charge < -0.3 is 19.6 Å². The first-order chi connectivity index (χ1) is 36.5. The number of piperidine rings is 1. The van der Waals surface area contributed by atoms with E-state index in [1.165, 1.54) is 37.1 Å². The summed E-state index contributed by atoms with van der Waals surface area (Å²) >= 11 is 1.44. The summed E-state index contributed by atoms with van der Waals surface area (Å²) in [5.41, 5.74) is 8.60. The van der Waals surface area contributed by atoms with Crippen molar-refractivity contribution in [2.24, 2.45) is 24.8 Å². The van der Waals surface area contributed by atoms with E-state index in [9.17, 15) is 24.3 Å². The number of benzene rings is 4. The highest BCUT2D eigenvalue weighted by atomic mass is 32.1. The SMILES string of the molecule is Cc1c(OC2CCC(CCC3CC3CN3CCN(c4cccc5c(C6CCC(=O)NC6=O)nn(C)c45)CC3)CC2)cccc1-c1ccc(N2CCc3cccc(C(=O)Nc4nc5ccccc5s4)c3C2)nc1C(=O)O. The molecular weight excluding hydrogens is 963 g/mol. The molecule has 5 aliphatic rings. The third-order valence-corrected chi connectivity index (χ3v) is 17.7. The van der Waals surface area contributed by atoms with Crippen LogP contribution < -0.4 is 25.2 Å². The zero-order valence-electron chi connectivity index (χ0n) is 42.6. The smallest absolute Gasteiger partial charge is 0.355 e. The Morgan fingerprint density at radius 2 is 1.63 bits per heavy atom. The van der Waals surface area contributed by atoms with Gasteiger partial charge >= 0.3 is 5.97 Å². The first kappa shape index (κ1) is 48.8. The second kappa shape index (κ2) is 20.5. The summed E-state index contributed by atoms with van der Waals surface area (Å²) in [6, 6.07) is 29.6. The minimum Gasteiger partial charge on any atom is -0.490 e. The van der Waals surface area contributed by atoms with Crippen LogP contribution >= 0.6 is 11.3 Å². The van der Waals surface area contributed by atoms with Gasteiger partial charge in [0.2, 0.25) is 11.8 Å². The zero-order chi connectivity index (χ0) is 51.3. The molecule has 6 heterocycles. The quantitative estimate of drug-likeness (QED) is 0.0882. The second-order valence-electron chi connectivity index (χ2n) is 21.4. The van der Waals surface area contributed by atoms with E-state index in [2.05, 4.69) is 54.6 Å². The fraction of sp³-hybridized carbons (Fsp3) is 0.407. The number of aryl methyl sites for hydroxylation is 1. The van der Waals surface area contributed by atoms with Crippen molar-refractivity contribution in [2.75, 3.05) is 54.4 Å². The number of anilines is 3. The topological polar surface area (TPSA) is 175 Å². The van der Waals surface area contributed by atoms with Crippen molar-refractivity contribution in [3.63, 3.8) is 0 Å². The average Bonchev–Trinajstić information content (AvgIpc) is 3.90. The maximum atomic E-state index is 13.7. The molecule has 7 aromatic rings. The van der Waals surface area contributed by atoms with Crippen LogP contribution in [0, 0.1) is 24.7 Å². The summed E-state index contributed by atoms with van der Waals surface area (Å²) in [6.07, 6.45) is 9.88. The maximum absolute atomic E-state index is 13.7. The van der Waals surface area contributed by atoms with Gasteiger partial charge in [-0.1, -0.05) is 66.3 Å². The highest BCUT2D eigenvalue weighted by Gasteiger charge is 2.39. The van der Waals surface area contributed by atoms with Crippen LogP contribution in [0.4, 0.5) is 16.6 Å². The van der Waals surface area contributed by atoms with Crippen LogP contribution in [0.5, 0.6) is 5.75 Å². The molecule has 0 spiro atoms. The van der Waals surface area contributed by atoms with E-state index in [0.29, 0.717) is 54.4 Å². The largest absolute Gasteiger partial charge is 0.490 e. The number of rotatable bonds is 14. The Labute approximate surface area is 440 Å². The number of nitrogens with zero attached hydrogens (tertiary/aromatic N) is 7. The molecule has 4 aromatic carbocycles. The van der Waals surface area contributed by atoms with E-state index in [4.69, 9.17) is 14.8 Å². The van der Waals surface area contributed by atoms with Crippen LogP contribution in [-0.4, -0.2) is 98.8 Å². The molecule has 16 heteroatoms. The van der Waals surface area contributed by atoms with Gasteiger partial charge in [-0.25, -0.2) is 14.8 Å². The Hall–Kier alpha value is -7.17. The van der Waals surface area contributed by atoms with E-state index in [0.717, 1.165) is 130 Å². The van der Waals surface area contributed by atoms with Crippen molar-refractivity contribution in [1.82, 2.24) is 30.0 Å². The van der Waals surface area contributed by atoms with Crippen LogP contribution in [0.25, 0.3) is 32.2 Å². The Morgan fingerprint density at radius 1 is 0.813 bits per heavy atom. The Kier molecular flexibility index (Phi) is 13.3. The number of carboxylic acids is 1. The summed E-state index contributed by atoms with van der Waals surface area (Å²) in [6.45, 7) is 8.20. The van der Waals surface area contributed by atoms with Crippen molar-refractivity contribution in [2.45, 2.75) is 89.7 Å². The number of ether oxygens (including phenoxy) is 1. The number of pyridine rings is 1. The van der Waals surface area contributed by atoms with Gasteiger partial charge in [0.1, 0.15) is 11.6 Å². The van der Waals surface area contributed by atoms with Gasteiger partial charge in [-0.2, -0.15) is 5.10 Å². The van der Waals surface area contributed by atoms with Crippen molar-refractivity contribution in [1.29, 1.82) is 0 Å². The van der Waals surface area contributed by atoms with Crippen LogP contribution in [-0.2, 0) is 29.6 Å². The lowest BCUT2D eigenvalue weighted by Crippen LogP contribution is -2.47. The Bertz CT molecular complexity index is 3320. The molecule has 3 unspecified atom stereocenters. The highest BCUT2D eigenvalue weighted by molar-refractivity contribution is 7.22. The first-order valence-corrected chi connectivity index (χ1v) is 27.6. The third kappa shape index (κ3) is 9.97. The highest BCUT2D eigenvalue weighted by Crippen LogP contribution is 2.45. The van der Waals surface area contributed by atoms with Crippen LogP contribution in [0.15, 0.2) is 91.0 Å². The van der Waals surface area contributed by atoms with Crippen molar-refractivity contribution < 1.29 is 29.0 Å². The van der Waals surface area contributed by atoms with E-state index in [-0.39, 0.29) is 29.5 Å². The normalized spacial score (nSPS) is 22.0. The molecule has 386 valence electrons. The molecule has 15 nitrogen and oxygen atoms in total. The zero-order valence-corrected chi connectivity index (χ0v) is 43.4. The summed E-state index contributed by atoms with van der Waals surface area (Å²) in [5.74, 6) is 1.46. The minimum absolute atomic E-state index is 0.0131. The number of aromatic carboxylic acids is 1. The number of imide groups is 1. The molecule has 3 amide bonds. The molecule has 2 saturated heterocycles. The van der Waals surface area contributed by atoms with Gasteiger partial charge in [0.05, 0.1) is 39.1 Å². The number of hydrogen-bond acceptors (Lipinski definition) is 12. The molecule has 2 aliphatic carbocycles. The number of hydrogen-bond donors (Lipinski definition) is 3. The third-order valence-electron chi connectivity index (χ3n) is 16.8. The van der Waals surface area contributed by atoms with Crippen molar-refractivity contribution in [3.8, 4) is 16.9 Å². The van der Waals surface area contributed by atoms with E-state index >= 15 is 0 Å². The predicted octanol–water partition coefficient (Wildman–Crippen LogP) is 9.76. The summed E-state index contributed by atoms with van der Waals surface area (Å²) in [5, 5.41) is 22.4. The van der Waals surface area contributed by atoms with Gasteiger partial charge in [-0.15, -0.1) is 0 Å². The van der Waals surface area contributed by atoms with Crippen molar-refractivity contribution in [3.05, 3.63) is 125 Å². The lowest BCUT2D eigenvalue weighted by Gasteiger charge is -2.36. The summed E-state index contributed by atoms with van der Waals surface area (Å²) < 4.78 is 9.63. The summed E-state index contributed by atoms with van der Waals surface area (Å²) in [7, 11) is 1.95. The number of amides is 3. The maximum Gasteiger partial charge on any atom is 0.355 e. The molecule has 3 atom stereocenters. The number of carbonyl (C=O) groups excluding carboxylic acids is 3. The Balaban J connectivity index is 0.615. The number of para-hydroxylation sites is 2. The number of aromatic nitrogens is 4. The van der Waals surface area contributed by atoms with Gasteiger partial charge in [0.25, 0.3) is 5.91 Å². The van der Waals surface area contributed by atoms with Gasteiger partial charge in [0.15, 0.2) is 10.8 Å². The first-order valence-electron chi connectivity index (χ1n) is 26.8. The van der Waals surface area contributed by atoms with Crippen LogP contribution in [0.1, 0.15) is 107 Å². The second-order valence-corrected chi connectivity index (χ2v) is 22.5. The number of nitrogens with one attached hydrogen (secondary N) is 2. The molecule has 4 fully saturated rings. The monoisotopic (exact) mass is 1030 g/mol. The molecule has 75 heavy (non-hydrogen) atoms. The van der Waals surface area contributed by atoms with Gasteiger partial charge in [-0.3, -0.25) is 34.6 Å². The predicted molar refractivity (Wildman–Crippen MR) is 292 cm³/mol. The van der Waals surface area contributed by atoms with Gasteiger partial charge in [0, 0.05) is 75.8 Å². The van der Waals surface area contributed by atoms with Crippen LogP contribution in [0.3, 0.4) is 0 Å².